The van der Waals surface area contributed by atoms with Gasteiger partial charge in [-0.25, -0.2) is 0 Å². The van der Waals surface area contributed by atoms with E-state index >= 15 is 0 Å². The second kappa shape index (κ2) is 5.54. The number of thioether (sulfide) groups is 1. The van der Waals surface area contributed by atoms with Crippen molar-refractivity contribution in [3.63, 3.8) is 0 Å². The van der Waals surface area contributed by atoms with Gasteiger partial charge in [0.05, 0.1) is 6.04 Å². The average Bonchev–Trinajstić information content (AvgIpc) is 2.69. The number of hydrogen-bond acceptors (Lipinski definition) is 4. The van der Waals surface area contributed by atoms with Crippen LogP contribution in [0.4, 0.5) is 0 Å². The summed E-state index contributed by atoms with van der Waals surface area (Å²) in [5.41, 5.74) is 5.97. The van der Waals surface area contributed by atoms with Gasteiger partial charge in [-0.05, 0) is 26.0 Å². The molecule has 0 saturated carbocycles. The Kier molecular flexibility index (Phi) is 4.30. The summed E-state index contributed by atoms with van der Waals surface area (Å²) >= 11 is 3.94. The molecule has 2 atom stereocenters. The molecule has 2 N–H and O–H groups in total. The minimum atomic E-state index is 0.426. The van der Waals surface area contributed by atoms with Crippen molar-refractivity contribution in [3.05, 3.63) is 21.9 Å². The molecule has 0 amide bonds. The first kappa shape index (κ1) is 12.4. The maximum Gasteiger partial charge on any atom is 0.0567 e. The second-order valence-corrected chi connectivity index (χ2v) is 6.83. The van der Waals surface area contributed by atoms with E-state index in [4.69, 9.17) is 5.73 Å². The van der Waals surface area contributed by atoms with E-state index in [0.29, 0.717) is 12.1 Å². The van der Waals surface area contributed by atoms with Gasteiger partial charge in [-0.3, -0.25) is 4.90 Å². The minimum absolute atomic E-state index is 0.426. The Morgan fingerprint density at radius 2 is 2.38 bits per heavy atom. The summed E-state index contributed by atoms with van der Waals surface area (Å²) in [5.74, 6) is 2.48. The normalized spacial score (nSPS) is 24.6. The summed E-state index contributed by atoms with van der Waals surface area (Å²) in [6, 6.07) is 5.52. The van der Waals surface area contributed by atoms with E-state index in [9.17, 15) is 0 Å². The van der Waals surface area contributed by atoms with Gasteiger partial charge < -0.3 is 5.73 Å². The van der Waals surface area contributed by atoms with Crippen molar-refractivity contribution in [1.82, 2.24) is 4.90 Å². The Labute approximate surface area is 106 Å². The highest BCUT2D eigenvalue weighted by molar-refractivity contribution is 7.99. The molecule has 0 aliphatic carbocycles. The summed E-state index contributed by atoms with van der Waals surface area (Å²) in [6.45, 7) is 6.38. The summed E-state index contributed by atoms with van der Waals surface area (Å²) in [7, 11) is 0. The number of thiophene rings is 1. The van der Waals surface area contributed by atoms with Crippen LogP contribution in [-0.2, 0) is 0 Å². The maximum absolute atomic E-state index is 5.97. The molecule has 0 aromatic carbocycles. The number of aryl methyl sites for hydroxylation is 1. The van der Waals surface area contributed by atoms with E-state index in [1.165, 1.54) is 27.8 Å². The van der Waals surface area contributed by atoms with Crippen molar-refractivity contribution in [2.24, 2.45) is 5.73 Å². The number of rotatable bonds is 3. The third kappa shape index (κ3) is 2.62. The second-order valence-electron chi connectivity index (χ2n) is 4.36. The molecule has 1 aromatic rings. The van der Waals surface area contributed by atoms with Gasteiger partial charge in [0.1, 0.15) is 0 Å². The molecule has 1 fully saturated rings. The number of nitrogens with two attached hydrogens (primary N) is 1. The molecule has 0 spiro atoms. The number of hydrogen-bond donors (Lipinski definition) is 1. The van der Waals surface area contributed by atoms with Crippen LogP contribution in [0.25, 0.3) is 0 Å². The molecule has 4 heteroatoms. The molecule has 1 aliphatic heterocycles. The van der Waals surface area contributed by atoms with Crippen molar-refractivity contribution in [3.8, 4) is 0 Å². The third-order valence-electron chi connectivity index (χ3n) is 3.13. The van der Waals surface area contributed by atoms with E-state index in [-0.39, 0.29) is 0 Å². The zero-order valence-corrected chi connectivity index (χ0v) is 11.6. The van der Waals surface area contributed by atoms with Gasteiger partial charge in [-0.1, -0.05) is 0 Å². The average molecular weight is 256 g/mol. The molecule has 2 heterocycles. The van der Waals surface area contributed by atoms with E-state index in [1.807, 2.05) is 11.3 Å². The topological polar surface area (TPSA) is 29.3 Å². The highest BCUT2D eigenvalue weighted by atomic mass is 32.2. The van der Waals surface area contributed by atoms with Gasteiger partial charge in [0.25, 0.3) is 0 Å². The molecule has 2 unspecified atom stereocenters. The van der Waals surface area contributed by atoms with Crippen molar-refractivity contribution in [2.75, 3.05) is 24.6 Å². The van der Waals surface area contributed by atoms with Gasteiger partial charge in [0.2, 0.25) is 0 Å². The minimum Gasteiger partial charge on any atom is -0.329 e. The molecule has 1 saturated heterocycles. The van der Waals surface area contributed by atoms with E-state index < -0.39 is 0 Å². The monoisotopic (exact) mass is 256 g/mol. The van der Waals surface area contributed by atoms with Gasteiger partial charge in [0.15, 0.2) is 0 Å². The van der Waals surface area contributed by atoms with Gasteiger partial charge in [-0.15, -0.1) is 11.3 Å². The van der Waals surface area contributed by atoms with Crippen LogP contribution in [0.15, 0.2) is 12.1 Å². The van der Waals surface area contributed by atoms with Crippen molar-refractivity contribution >= 4 is 23.1 Å². The fraction of sp³-hybridized carbons (Fsp3) is 0.667. The van der Waals surface area contributed by atoms with Gasteiger partial charge >= 0.3 is 0 Å². The zero-order valence-electron chi connectivity index (χ0n) is 9.98. The van der Waals surface area contributed by atoms with Crippen LogP contribution in [0.5, 0.6) is 0 Å². The molecule has 1 aliphatic rings. The predicted molar refractivity (Wildman–Crippen MR) is 74.3 cm³/mol. The van der Waals surface area contributed by atoms with Crippen LogP contribution in [-0.4, -0.2) is 35.5 Å². The fourth-order valence-electron chi connectivity index (χ4n) is 2.25. The summed E-state index contributed by atoms with van der Waals surface area (Å²) in [6.07, 6.45) is 0. The van der Waals surface area contributed by atoms with Crippen LogP contribution >= 0.6 is 23.1 Å². The van der Waals surface area contributed by atoms with E-state index in [2.05, 4.69) is 42.6 Å². The molecule has 1 aromatic heterocycles. The highest BCUT2D eigenvalue weighted by Crippen LogP contribution is 2.31. The zero-order chi connectivity index (χ0) is 11.5. The van der Waals surface area contributed by atoms with Crippen LogP contribution in [0.2, 0.25) is 0 Å². The predicted octanol–water partition coefficient (Wildman–Crippen LogP) is 2.49. The molecule has 2 nitrogen and oxygen atoms in total. The first-order valence-corrected chi connectivity index (χ1v) is 7.79. The van der Waals surface area contributed by atoms with Crippen molar-refractivity contribution in [2.45, 2.75) is 25.9 Å². The maximum atomic E-state index is 5.97. The molecule has 90 valence electrons. The van der Waals surface area contributed by atoms with Crippen LogP contribution in [0.3, 0.4) is 0 Å². The molecular formula is C12H20N2S2. The lowest BCUT2D eigenvalue weighted by Gasteiger charge is -2.38. The molecule has 2 rings (SSSR count). The Balaban J connectivity index is 2.14. The van der Waals surface area contributed by atoms with Crippen LogP contribution < -0.4 is 5.73 Å². The first-order valence-electron chi connectivity index (χ1n) is 5.82. The summed E-state index contributed by atoms with van der Waals surface area (Å²) in [5, 5.41) is 0. The van der Waals surface area contributed by atoms with Crippen molar-refractivity contribution < 1.29 is 0 Å². The third-order valence-corrected chi connectivity index (χ3v) is 5.42. The Morgan fingerprint density at radius 3 is 2.94 bits per heavy atom. The molecule has 16 heavy (non-hydrogen) atoms. The molecule has 0 bridgehead atoms. The lowest BCUT2D eigenvalue weighted by atomic mass is 10.1. The van der Waals surface area contributed by atoms with E-state index in [0.717, 1.165) is 6.54 Å². The Hall–Kier alpha value is -0.0300. The van der Waals surface area contributed by atoms with Crippen molar-refractivity contribution in [1.29, 1.82) is 0 Å². The summed E-state index contributed by atoms with van der Waals surface area (Å²) < 4.78 is 0. The SMILES string of the molecule is Cc1ccc(C(CN)N2CCSCC2C)s1. The quantitative estimate of drug-likeness (QED) is 0.901. The highest BCUT2D eigenvalue weighted by Gasteiger charge is 2.27. The molecule has 0 radical (unpaired) electrons. The summed E-state index contributed by atoms with van der Waals surface area (Å²) in [4.78, 5) is 5.38. The fourth-order valence-corrected chi connectivity index (χ4v) is 4.30. The van der Waals surface area contributed by atoms with Crippen LogP contribution in [0.1, 0.15) is 22.7 Å². The molecular weight excluding hydrogens is 236 g/mol. The van der Waals surface area contributed by atoms with Gasteiger partial charge in [-0.2, -0.15) is 11.8 Å². The standard InChI is InChI=1S/C12H20N2S2/c1-9-8-15-6-5-14(9)11(7-13)12-4-3-10(2)16-12/h3-4,9,11H,5-8,13H2,1-2H3. The Bertz CT molecular complexity index is 338. The lowest BCUT2D eigenvalue weighted by Crippen LogP contribution is -2.44. The van der Waals surface area contributed by atoms with E-state index in [1.54, 1.807) is 0 Å². The Morgan fingerprint density at radius 1 is 1.56 bits per heavy atom. The smallest absolute Gasteiger partial charge is 0.0567 e. The van der Waals surface area contributed by atoms with Crippen LogP contribution in [0, 0.1) is 6.92 Å². The first-order chi connectivity index (χ1) is 7.72. The number of nitrogens with zero attached hydrogens (tertiary/aromatic N) is 1. The lowest BCUT2D eigenvalue weighted by molar-refractivity contribution is 0.168. The van der Waals surface area contributed by atoms with Gasteiger partial charge in [0, 0.05) is 40.4 Å². The largest absolute Gasteiger partial charge is 0.329 e.